The highest BCUT2D eigenvalue weighted by atomic mass is 32.2. The number of sulfonamides is 1. The van der Waals surface area contributed by atoms with Gasteiger partial charge in [-0.05, 0) is 31.4 Å². The maximum absolute atomic E-state index is 12.6. The van der Waals surface area contributed by atoms with Crippen molar-refractivity contribution in [3.8, 4) is 0 Å². The number of hydrogen-bond acceptors (Lipinski definition) is 3. The summed E-state index contributed by atoms with van der Waals surface area (Å²) in [6.45, 7) is 2.16. The van der Waals surface area contributed by atoms with Gasteiger partial charge in [-0.25, -0.2) is 8.42 Å². The van der Waals surface area contributed by atoms with Crippen molar-refractivity contribution in [2.24, 2.45) is 5.92 Å². The van der Waals surface area contributed by atoms with Crippen LogP contribution in [0.2, 0.25) is 0 Å². The van der Waals surface area contributed by atoms with Crippen LogP contribution in [0.3, 0.4) is 0 Å². The first-order valence-electron chi connectivity index (χ1n) is 6.76. The minimum absolute atomic E-state index is 0.241. The number of hydrogen-bond donors (Lipinski definition) is 1. The minimum atomic E-state index is -3.53. The molecule has 0 saturated carbocycles. The highest BCUT2D eigenvalue weighted by molar-refractivity contribution is 7.89. The number of carboxylic acids is 1. The predicted octanol–water partition coefficient (Wildman–Crippen LogP) is 1.95. The van der Waals surface area contributed by atoms with E-state index in [1.165, 1.54) is 4.31 Å². The smallest absolute Gasteiger partial charge is 0.306 e. The van der Waals surface area contributed by atoms with Crippen LogP contribution >= 0.6 is 0 Å². The molecule has 0 bridgehead atoms. The van der Waals surface area contributed by atoms with Gasteiger partial charge in [0.15, 0.2) is 0 Å². The SMILES string of the molecule is CCC1CC(C(=O)O)CCN1S(=O)(=O)c1ccccc1. The molecule has 0 amide bonds. The Morgan fingerprint density at radius 2 is 2.00 bits per heavy atom. The number of benzene rings is 1. The van der Waals surface area contributed by atoms with Crippen LogP contribution in [0.15, 0.2) is 35.2 Å². The highest BCUT2D eigenvalue weighted by Crippen LogP contribution is 2.30. The average molecular weight is 297 g/mol. The van der Waals surface area contributed by atoms with Crippen molar-refractivity contribution in [1.82, 2.24) is 4.31 Å². The molecule has 0 radical (unpaired) electrons. The Balaban J connectivity index is 2.26. The lowest BCUT2D eigenvalue weighted by Gasteiger charge is -2.36. The van der Waals surface area contributed by atoms with E-state index in [0.717, 1.165) is 0 Å². The summed E-state index contributed by atoms with van der Waals surface area (Å²) in [5.41, 5.74) is 0. The minimum Gasteiger partial charge on any atom is -0.481 e. The molecule has 1 aromatic carbocycles. The van der Waals surface area contributed by atoms with Crippen molar-refractivity contribution in [1.29, 1.82) is 0 Å². The van der Waals surface area contributed by atoms with Crippen LogP contribution in [-0.4, -0.2) is 36.4 Å². The lowest BCUT2D eigenvalue weighted by atomic mass is 9.91. The molecule has 1 heterocycles. The molecule has 20 heavy (non-hydrogen) atoms. The van der Waals surface area contributed by atoms with Gasteiger partial charge in [0.25, 0.3) is 0 Å². The third kappa shape index (κ3) is 2.86. The molecule has 1 aromatic rings. The third-order valence-corrected chi connectivity index (χ3v) is 5.80. The van der Waals surface area contributed by atoms with E-state index in [9.17, 15) is 13.2 Å². The number of carbonyl (C=O) groups is 1. The summed E-state index contributed by atoms with van der Waals surface area (Å²) in [5, 5.41) is 9.09. The van der Waals surface area contributed by atoms with Crippen molar-refractivity contribution >= 4 is 16.0 Å². The van der Waals surface area contributed by atoms with Gasteiger partial charge in [-0.15, -0.1) is 0 Å². The summed E-state index contributed by atoms with van der Waals surface area (Å²) >= 11 is 0. The average Bonchev–Trinajstić information content (AvgIpc) is 2.47. The zero-order chi connectivity index (χ0) is 14.8. The molecule has 5 nitrogen and oxygen atoms in total. The van der Waals surface area contributed by atoms with Crippen molar-refractivity contribution in [3.05, 3.63) is 30.3 Å². The van der Waals surface area contributed by atoms with E-state index in [0.29, 0.717) is 19.3 Å². The standard InChI is InChI=1S/C14H19NO4S/c1-2-12-10-11(14(16)17)8-9-15(12)20(18,19)13-6-4-3-5-7-13/h3-7,11-12H,2,8-10H2,1H3,(H,16,17). The first-order chi connectivity index (χ1) is 9.46. The molecule has 0 aromatic heterocycles. The van der Waals surface area contributed by atoms with Gasteiger partial charge in [-0.1, -0.05) is 25.1 Å². The molecule has 1 saturated heterocycles. The van der Waals surface area contributed by atoms with Gasteiger partial charge in [-0.3, -0.25) is 4.79 Å². The normalized spacial score (nSPS) is 24.4. The third-order valence-electron chi connectivity index (χ3n) is 3.83. The van der Waals surface area contributed by atoms with Crippen LogP contribution < -0.4 is 0 Å². The maximum atomic E-state index is 12.6. The topological polar surface area (TPSA) is 74.7 Å². The van der Waals surface area contributed by atoms with Crippen molar-refractivity contribution < 1.29 is 18.3 Å². The van der Waals surface area contributed by atoms with Gasteiger partial charge in [-0.2, -0.15) is 4.31 Å². The molecular weight excluding hydrogens is 278 g/mol. The molecule has 1 fully saturated rings. The Hall–Kier alpha value is -1.40. The molecule has 2 atom stereocenters. The van der Waals surface area contributed by atoms with Crippen LogP contribution in [0.25, 0.3) is 0 Å². The van der Waals surface area contributed by atoms with Crippen molar-refractivity contribution in [2.75, 3.05) is 6.54 Å². The Morgan fingerprint density at radius 3 is 2.55 bits per heavy atom. The zero-order valence-corrected chi connectivity index (χ0v) is 12.2. The lowest BCUT2D eigenvalue weighted by Crippen LogP contribution is -2.47. The van der Waals surface area contributed by atoms with E-state index < -0.39 is 21.9 Å². The Kier molecular flexibility index (Phi) is 4.45. The predicted molar refractivity (Wildman–Crippen MR) is 74.8 cm³/mol. The Labute approximate surface area is 119 Å². The fourth-order valence-corrected chi connectivity index (χ4v) is 4.41. The van der Waals surface area contributed by atoms with Crippen molar-refractivity contribution in [2.45, 2.75) is 37.1 Å². The van der Waals surface area contributed by atoms with Gasteiger partial charge < -0.3 is 5.11 Å². The largest absolute Gasteiger partial charge is 0.481 e. The van der Waals surface area contributed by atoms with Crippen LogP contribution in [0, 0.1) is 5.92 Å². The Bertz CT molecular complexity index is 570. The van der Waals surface area contributed by atoms with E-state index in [2.05, 4.69) is 0 Å². The van der Waals surface area contributed by atoms with E-state index in [1.807, 2.05) is 6.92 Å². The fourth-order valence-electron chi connectivity index (χ4n) is 2.67. The van der Waals surface area contributed by atoms with E-state index >= 15 is 0 Å². The fraction of sp³-hybridized carbons (Fsp3) is 0.500. The number of nitrogens with zero attached hydrogens (tertiary/aromatic N) is 1. The quantitative estimate of drug-likeness (QED) is 0.921. The van der Waals surface area contributed by atoms with Crippen LogP contribution in [0.1, 0.15) is 26.2 Å². The molecule has 6 heteroatoms. The summed E-state index contributed by atoms with van der Waals surface area (Å²) in [5.74, 6) is -1.28. The molecule has 2 rings (SSSR count). The van der Waals surface area contributed by atoms with Crippen LogP contribution in [0.4, 0.5) is 0 Å². The van der Waals surface area contributed by atoms with Gasteiger partial charge in [0.2, 0.25) is 10.0 Å². The van der Waals surface area contributed by atoms with Gasteiger partial charge >= 0.3 is 5.97 Å². The first-order valence-corrected chi connectivity index (χ1v) is 8.20. The molecule has 1 N–H and O–H groups in total. The molecule has 1 aliphatic heterocycles. The van der Waals surface area contributed by atoms with Crippen LogP contribution in [-0.2, 0) is 14.8 Å². The number of aliphatic carboxylic acids is 1. The Morgan fingerprint density at radius 1 is 1.35 bits per heavy atom. The van der Waals surface area contributed by atoms with Crippen molar-refractivity contribution in [3.63, 3.8) is 0 Å². The summed E-state index contributed by atoms with van der Waals surface area (Å²) in [6, 6.07) is 8.06. The monoisotopic (exact) mass is 297 g/mol. The van der Waals surface area contributed by atoms with Gasteiger partial charge in [0.05, 0.1) is 10.8 Å². The molecule has 2 unspecified atom stereocenters. The summed E-state index contributed by atoms with van der Waals surface area (Å²) in [7, 11) is -3.53. The molecule has 110 valence electrons. The first kappa shape index (κ1) is 15.0. The number of carboxylic acid groups (broad SMARTS) is 1. The van der Waals surface area contributed by atoms with Crippen LogP contribution in [0.5, 0.6) is 0 Å². The second kappa shape index (κ2) is 5.93. The molecular formula is C14H19NO4S. The van der Waals surface area contributed by atoms with Gasteiger partial charge in [0.1, 0.15) is 0 Å². The molecule has 0 aliphatic carbocycles. The second-order valence-electron chi connectivity index (χ2n) is 5.05. The summed E-state index contributed by atoms with van der Waals surface area (Å²) in [4.78, 5) is 11.3. The maximum Gasteiger partial charge on any atom is 0.306 e. The number of rotatable bonds is 4. The summed E-state index contributed by atoms with van der Waals surface area (Å²) < 4.78 is 26.7. The lowest BCUT2D eigenvalue weighted by molar-refractivity contribution is -0.143. The zero-order valence-electron chi connectivity index (χ0n) is 11.4. The molecule has 1 aliphatic rings. The van der Waals surface area contributed by atoms with Gasteiger partial charge in [0, 0.05) is 12.6 Å². The highest BCUT2D eigenvalue weighted by Gasteiger charge is 2.37. The number of piperidine rings is 1. The second-order valence-corrected chi connectivity index (χ2v) is 6.94. The van der Waals surface area contributed by atoms with E-state index in [1.54, 1.807) is 30.3 Å². The molecule has 0 spiro atoms. The van der Waals surface area contributed by atoms with E-state index in [4.69, 9.17) is 5.11 Å². The van der Waals surface area contributed by atoms with E-state index in [-0.39, 0.29) is 17.5 Å². The summed E-state index contributed by atoms with van der Waals surface area (Å²) in [6.07, 6.45) is 1.38.